The van der Waals surface area contributed by atoms with E-state index in [-0.39, 0.29) is 24.0 Å². The van der Waals surface area contributed by atoms with Crippen LogP contribution >= 0.6 is 11.6 Å². The molecule has 0 atom stereocenters. The van der Waals surface area contributed by atoms with E-state index >= 15 is 0 Å². The number of carbonyl (C=O) groups excluding carboxylic acids is 2. The van der Waals surface area contributed by atoms with Crippen LogP contribution in [-0.2, 0) is 4.79 Å². The average molecular weight is 396 g/mol. The number of benzene rings is 2. The van der Waals surface area contributed by atoms with Crippen molar-refractivity contribution in [2.75, 3.05) is 17.2 Å². The van der Waals surface area contributed by atoms with Gasteiger partial charge in [0.15, 0.2) is 6.61 Å². The third-order valence-electron chi connectivity index (χ3n) is 3.93. The molecule has 0 aliphatic carbocycles. The Kier molecular flexibility index (Phi) is 4.82. The van der Waals surface area contributed by atoms with Crippen molar-refractivity contribution in [3.8, 4) is 17.4 Å². The fraction of sp³-hybridized carbons (Fsp3) is 0.0500. The fourth-order valence-corrected chi connectivity index (χ4v) is 2.83. The molecule has 2 heterocycles. The first-order valence-electron chi connectivity index (χ1n) is 8.35. The number of para-hydroxylation sites is 1. The second-order valence-electron chi connectivity index (χ2n) is 5.89. The molecule has 1 aliphatic rings. The Morgan fingerprint density at radius 3 is 2.89 bits per heavy atom. The van der Waals surface area contributed by atoms with E-state index in [0.29, 0.717) is 33.8 Å². The van der Waals surface area contributed by atoms with Crippen LogP contribution in [0.5, 0.6) is 17.4 Å². The van der Waals surface area contributed by atoms with E-state index in [1.165, 1.54) is 6.07 Å². The van der Waals surface area contributed by atoms with Gasteiger partial charge in [-0.1, -0.05) is 23.7 Å². The SMILES string of the molecule is O=C(COc1ccccc1Cl)Nc1ccc2c(c1)C(=O)Nc1cccnc1O2. The van der Waals surface area contributed by atoms with Gasteiger partial charge in [0.25, 0.3) is 11.8 Å². The molecule has 0 unspecified atom stereocenters. The first kappa shape index (κ1) is 17.8. The second kappa shape index (κ2) is 7.58. The molecule has 0 saturated carbocycles. The average Bonchev–Trinajstić information content (AvgIpc) is 2.83. The van der Waals surface area contributed by atoms with Crippen molar-refractivity contribution in [1.82, 2.24) is 4.98 Å². The fourth-order valence-electron chi connectivity index (χ4n) is 2.64. The molecular weight excluding hydrogens is 382 g/mol. The minimum absolute atomic E-state index is 0.223. The molecule has 140 valence electrons. The molecule has 2 amide bonds. The maximum absolute atomic E-state index is 12.5. The monoisotopic (exact) mass is 395 g/mol. The van der Waals surface area contributed by atoms with Crippen LogP contribution < -0.4 is 20.1 Å². The largest absolute Gasteiger partial charge is 0.482 e. The molecule has 4 rings (SSSR count). The Labute approximate surface area is 165 Å². The molecule has 28 heavy (non-hydrogen) atoms. The minimum atomic E-state index is -0.389. The van der Waals surface area contributed by atoms with Gasteiger partial charge in [0.1, 0.15) is 17.2 Å². The zero-order valence-corrected chi connectivity index (χ0v) is 15.2. The number of hydrogen-bond acceptors (Lipinski definition) is 5. The van der Waals surface area contributed by atoms with Gasteiger partial charge in [-0.05, 0) is 42.5 Å². The van der Waals surface area contributed by atoms with Crippen LogP contribution in [0.15, 0.2) is 60.8 Å². The summed E-state index contributed by atoms with van der Waals surface area (Å²) < 4.78 is 11.1. The minimum Gasteiger partial charge on any atom is -0.482 e. The van der Waals surface area contributed by atoms with E-state index in [0.717, 1.165) is 0 Å². The van der Waals surface area contributed by atoms with E-state index in [1.807, 2.05) is 0 Å². The van der Waals surface area contributed by atoms with Gasteiger partial charge in [0.2, 0.25) is 5.88 Å². The van der Waals surface area contributed by atoms with Crippen LogP contribution in [0.3, 0.4) is 0 Å². The highest BCUT2D eigenvalue weighted by molar-refractivity contribution is 6.32. The second-order valence-corrected chi connectivity index (χ2v) is 6.30. The van der Waals surface area contributed by atoms with Crippen LogP contribution in [0.4, 0.5) is 11.4 Å². The van der Waals surface area contributed by atoms with Crippen molar-refractivity contribution in [2.45, 2.75) is 0 Å². The Hall–Kier alpha value is -3.58. The molecule has 0 fully saturated rings. The highest BCUT2D eigenvalue weighted by atomic mass is 35.5. The van der Waals surface area contributed by atoms with E-state index in [1.54, 1.807) is 54.7 Å². The smallest absolute Gasteiger partial charge is 0.262 e. The molecule has 2 N–H and O–H groups in total. The quantitative estimate of drug-likeness (QED) is 0.693. The highest BCUT2D eigenvalue weighted by Crippen LogP contribution is 2.34. The van der Waals surface area contributed by atoms with Crippen molar-refractivity contribution >= 4 is 34.8 Å². The zero-order valence-electron chi connectivity index (χ0n) is 14.4. The number of amides is 2. The van der Waals surface area contributed by atoms with Crippen molar-refractivity contribution in [2.24, 2.45) is 0 Å². The Morgan fingerprint density at radius 1 is 1.18 bits per heavy atom. The van der Waals surface area contributed by atoms with Crippen molar-refractivity contribution in [3.05, 3.63) is 71.4 Å². The normalized spacial score (nSPS) is 12.0. The lowest BCUT2D eigenvalue weighted by Gasteiger charge is -2.10. The number of pyridine rings is 1. The molecule has 7 nitrogen and oxygen atoms in total. The summed E-state index contributed by atoms with van der Waals surface area (Å²) in [5, 5.41) is 5.84. The molecule has 3 aromatic rings. The lowest BCUT2D eigenvalue weighted by molar-refractivity contribution is -0.118. The van der Waals surface area contributed by atoms with Gasteiger partial charge in [0.05, 0.1) is 10.6 Å². The number of rotatable bonds is 4. The van der Waals surface area contributed by atoms with Gasteiger partial charge >= 0.3 is 0 Å². The van der Waals surface area contributed by atoms with Gasteiger partial charge in [-0.3, -0.25) is 9.59 Å². The van der Waals surface area contributed by atoms with Gasteiger partial charge in [-0.2, -0.15) is 0 Å². The molecule has 1 aromatic heterocycles. The summed E-state index contributed by atoms with van der Waals surface area (Å²) in [7, 11) is 0. The number of ether oxygens (including phenoxy) is 2. The van der Waals surface area contributed by atoms with Gasteiger partial charge < -0.3 is 20.1 Å². The lowest BCUT2D eigenvalue weighted by atomic mass is 10.1. The van der Waals surface area contributed by atoms with E-state index in [4.69, 9.17) is 21.1 Å². The zero-order chi connectivity index (χ0) is 19.5. The van der Waals surface area contributed by atoms with E-state index in [9.17, 15) is 9.59 Å². The molecule has 2 aromatic carbocycles. The predicted octanol–water partition coefficient (Wildman–Crippen LogP) is 4.11. The Bertz CT molecular complexity index is 1070. The molecule has 0 bridgehead atoms. The van der Waals surface area contributed by atoms with Crippen LogP contribution in [0, 0.1) is 0 Å². The molecule has 1 aliphatic heterocycles. The summed E-state index contributed by atoms with van der Waals surface area (Å²) >= 11 is 6.00. The number of anilines is 2. The predicted molar refractivity (Wildman–Crippen MR) is 104 cm³/mol. The van der Waals surface area contributed by atoms with Crippen LogP contribution in [-0.4, -0.2) is 23.4 Å². The third kappa shape index (κ3) is 3.74. The van der Waals surface area contributed by atoms with Crippen molar-refractivity contribution < 1.29 is 19.1 Å². The standard InChI is InChI=1S/C20H14ClN3O4/c21-14-4-1-2-6-17(14)27-11-18(25)23-12-7-8-16-13(10-12)19(26)24-15-5-3-9-22-20(15)28-16/h1-10H,11H2,(H,23,25)(H,24,26). The van der Waals surface area contributed by atoms with Crippen LogP contribution in [0.25, 0.3) is 0 Å². The summed E-state index contributed by atoms with van der Waals surface area (Å²) in [6, 6.07) is 15.0. The molecule has 0 saturated heterocycles. The van der Waals surface area contributed by atoms with Crippen molar-refractivity contribution in [1.29, 1.82) is 0 Å². The third-order valence-corrected chi connectivity index (χ3v) is 4.24. The number of nitrogens with zero attached hydrogens (tertiary/aromatic N) is 1. The van der Waals surface area contributed by atoms with E-state index < -0.39 is 0 Å². The molecule has 8 heteroatoms. The highest BCUT2D eigenvalue weighted by Gasteiger charge is 2.22. The Morgan fingerprint density at radius 2 is 2.04 bits per heavy atom. The first-order chi connectivity index (χ1) is 13.6. The summed E-state index contributed by atoms with van der Waals surface area (Å²) in [6.45, 7) is -0.223. The van der Waals surface area contributed by atoms with Crippen LogP contribution in [0.2, 0.25) is 5.02 Å². The summed E-state index contributed by atoms with van der Waals surface area (Å²) in [6.07, 6.45) is 1.57. The van der Waals surface area contributed by atoms with Gasteiger partial charge in [-0.25, -0.2) is 4.98 Å². The summed E-state index contributed by atoms with van der Waals surface area (Å²) in [5.74, 6) is 0.323. The number of hydrogen-bond donors (Lipinski definition) is 2. The number of halogens is 1. The summed E-state index contributed by atoms with van der Waals surface area (Å²) in [5.41, 5.74) is 1.19. The Balaban J connectivity index is 1.47. The first-order valence-corrected chi connectivity index (χ1v) is 8.73. The van der Waals surface area contributed by atoms with E-state index in [2.05, 4.69) is 15.6 Å². The van der Waals surface area contributed by atoms with Crippen molar-refractivity contribution in [3.63, 3.8) is 0 Å². The van der Waals surface area contributed by atoms with Gasteiger partial charge in [-0.15, -0.1) is 0 Å². The number of aromatic nitrogens is 1. The maximum atomic E-state index is 12.5. The lowest BCUT2D eigenvalue weighted by Crippen LogP contribution is -2.20. The molecule has 0 radical (unpaired) electrons. The molecule has 0 spiro atoms. The molecular formula is C20H14ClN3O4. The number of fused-ring (bicyclic) bond motifs is 2. The maximum Gasteiger partial charge on any atom is 0.262 e. The van der Waals surface area contributed by atoms with Gasteiger partial charge in [0, 0.05) is 11.9 Å². The number of carbonyl (C=O) groups is 2. The van der Waals surface area contributed by atoms with Crippen LogP contribution in [0.1, 0.15) is 10.4 Å². The topological polar surface area (TPSA) is 89.5 Å². The number of nitrogens with one attached hydrogen (secondary N) is 2. The summed E-state index contributed by atoms with van der Waals surface area (Å²) in [4.78, 5) is 28.8.